The van der Waals surface area contributed by atoms with Crippen molar-refractivity contribution in [1.82, 2.24) is 24.8 Å². The van der Waals surface area contributed by atoms with E-state index in [1.807, 2.05) is 36.9 Å². The Kier molecular flexibility index (Phi) is 8.09. The predicted octanol–water partition coefficient (Wildman–Crippen LogP) is 5.78. The number of nitrogens with zero attached hydrogens (tertiary/aromatic N) is 5. The van der Waals surface area contributed by atoms with Gasteiger partial charge in [0.15, 0.2) is 0 Å². The fraction of sp³-hybridized carbons (Fsp3) is 0.467. The van der Waals surface area contributed by atoms with Crippen LogP contribution in [0, 0.1) is 19.8 Å². The van der Waals surface area contributed by atoms with Crippen LogP contribution >= 0.6 is 15.9 Å². The monoisotopic (exact) mass is 577 g/mol. The summed E-state index contributed by atoms with van der Waals surface area (Å²) in [6, 6.07) is 14.3. The second-order valence-electron chi connectivity index (χ2n) is 10.8. The molecule has 0 saturated carbocycles. The maximum absolute atomic E-state index is 13.3. The molecule has 8 heteroatoms. The highest BCUT2D eigenvalue weighted by Crippen LogP contribution is 2.39. The highest BCUT2D eigenvalue weighted by Gasteiger charge is 2.40. The van der Waals surface area contributed by atoms with Gasteiger partial charge in [-0.25, -0.2) is 15.0 Å². The molecule has 0 aliphatic carbocycles. The highest BCUT2D eigenvalue weighted by atomic mass is 79.9. The molecule has 2 aliphatic heterocycles. The van der Waals surface area contributed by atoms with Crippen molar-refractivity contribution >= 4 is 21.8 Å². The number of aromatic nitrogens is 3. The molecular formula is C30H36BrN5O2. The Hall–Kier alpha value is -2.84. The number of halogens is 1. The molecule has 7 nitrogen and oxygen atoms in total. The maximum atomic E-state index is 13.3. The van der Waals surface area contributed by atoms with Gasteiger partial charge >= 0.3 is 0 Å². The van der Waals surface area contributed by atoms with E-state index in [1.54, 1.807) is 6.20 Å². The lowest BCUT2D eigenvalue weighted by Gasteiger charge is -2.49. The minimum Gasteiger partial charge on any atom is -0.469 e. The molecular weight excluding hydrogens is 542 g/mol. The first-order valence-electron chi connectivity index (χ1n) is 13.5. The van der Waals surface area contributed by atoms with Gasteiger partial charge in [-0.05, 0) is 83.3 Å². The summed E-state index contributed by atoms with van der Waals surface area (Å²) in [6.45, 7) is 9.71. The zero-order chi connectivity index (χ0) is 26.7. The standard InChI is InChI=1S/C30H36BrN5O2/c1-21-27(22(2)34-20-33-21)29(37)35-18-13-30(3,14-19-35)36-16-11-24(12-17-36)28(23-7-9-25(31)10-8-23)38-26-6-4-5-15-32-26/h4-10,15,20,24,28H,11-14,16-19H2,1-3H3. The molecule has 2 fully saturated rings. The summed E-state index contributed by atoms with van der Waals surface area (Å²) in [7, 11) is 0. The van der Waals surface area contributed by atoms with Crippen LogP contribution in [0.15, 0.2) is 59.5 Å². The van der Waals surface area contributed by atoms with Crippen LogP contribution in [0.25, 0.3) is 0 Å². The molecule has 38 heavy (non-hydrogen) atoms. The molecule has 0 spiro atoms. The number of piperidine rings is 2. The Bertz CT molecular complexity index is 1220. The van der Waals surface area contributed by atoms with Crippen molar-refractivity contribution in [3.63, 3.8) is 0 Å². The predicted molar refractivity (Wildman–Crippen MR) is 151 cm³/mol. The van der Waals surface area contributed by atoms with Gasteiger partial charge in [0, 0.05) is 41.3 Å². The summed E-state index contributed by atoms with van der Waals surface area (Å²) in [4.78, 5) is 30.8. The second-order valence-corrected chi connectivity index (χ2v) is 11.7. The van der Waals surface area contributed by atoms with Gasteiger partial charge in [0.05, 0.1) is 17.0 Å². The highest BCUT2D eigenvalue weighted by molar-refractivity contribution is 9.10. The van der Waals surface area contributed by atoms with Gasteiger partial charge in [-0.3, -0.25) is 9.69 Å². The summed E-state index contributed by atoms with van der Waals surface area (Å²) in [5.41, 5.74) is 3.44. The van der Waals surface area contributed by atoms with Gasteiger partial charge in [0.25, 0.3) is 5.91 Å². The number of likely N-dealkylation sites (tertiary alicyclic amines) is 2. The summed E-state index contributed by atoms with van der Waals surface area (Å²) in [6.07, 6.45) is 7.33. The molecule has 200 valence electrons. The fourth-order valence-electron chi connectivity index (χ4n) is 5.95. The normalized spacial score (nSPS) is 19.2. The van der Waals surface area contributed by atoms with Crippen LogP contribution in [0.2, 0.25) is 0 Å². The van der Waals surface area contributed by atoms with Crippen molar-refractivity contribution in [3.05, 3.63) is 82.0 Å². The Balaban J connectivity index is 1.22. The number of rotatable bonds is 6. The van der Waals surface area contributed by atoms with Crippen LogP contribution in [0.3, 0.4) is 0 Å². The topological polar surface area (TPSA) is 71.5 Å². The van der Waals surface area contributed by atoms with E-state index in [0.29, 0.717) is 17.4 Å². The first-order chi connectivity index (χ1) is 18.3. The lowest BCUT2D eigenvalue weighted by Crippen LogP contribution is -2.56. The Morgan fingerprint density at radius 3 is 2.24 bits per heavy atom. The third-order valence-electron chi connectivity index (χ3n) is 8.38. The van der Waals surface area contributed by atoms with E-state index in [-0.39, 0.29) is 17.6 Å². The van der Waals surface area contributed by atoms with E-state index in [2.05, 4.69) is 67.0 Å². The number of benzene rings is 1. The summed E-state index contributed by atoms with van der Waals surface area (Å²) in [5.74, 6) is 1.13. The van der Waals surface area contributed by atoms with Crippen molar-refractivity contribution in [2.24, 2.45) is 5.92 Å². The number of aryl methyl sites for hydroxylation is 2. The van der Waals surface area contributed by atoms with E-state index in [0.717, 1.165) is 67.7 Å². The van der Waals surface area contributed by atoms with Crippen molar-refractivity contribution in [3.8, 4) is 5.88 Å². The summed E-state index contributed by atoms with van der Waals surface area (Å²) < 4.78 is 7.55. The zero-order valence-electron chi connectivity index (χ0n) is 22.4. The first kappa shape index (κ1) is 26.8. The average Bonchev–Trinajstić information content (AvgIpc) is 2.93. The Morgan fingerprint density at radius 2 is 1.63 bits per heavy atom. The lowest BCUT2D eigenvalue weighted by molar-refractivity contribution is -0.00616. The number of ether oxygens (including phenoxy) is 1. The van der Waals surface area contributed by atoms with E-state index >= 15 is 0 Å². The minimum absolute atomic E-state index is 0.0352. The molecule has 2 saturated heterocycles. The van der Waals surface area contributed by atoms with Gasteiger partial charge in [-0.15, -0.1) is 0 Å². The first-order valence-corrected chi connectivity index (χ1v) is 14.3. The number of hydrogen-bond donors (Lipinski definition) is 0. The summed E-state index contributed by atoms with van der Waals surface area (Å²) >= 11 is 3.56. The molecule has 2 aromatic heterocycles. The van der Waals surface area contributed by atoms with Crippen molar-refractivity contribution in [2.45, 2.75) is 58.1 Å². The number of carbonyl (C=O) groups excluding carboxylic acids is 1. The Labute approximate surface area is 233 Å². The van der Waals surface area contributed by atoms with Crippen LogP contribution in [0.4, 0.5) is 0 Å². The minimum atomic E-state index is -0.0352. The van der Waals surface area contributed by atoms with Crippen LogP contribution in [0.1, 0.15) is 66.0 Å². The second kappa shape index (κ2) is 11.5. The van der Waals surface area contributed by atoms with Crippen LogP contribution in [-0.2, 0) is 0 Å². The van der Waals surface area contributed by atoms with Crippen molar-refractivity contribution in [2.75, 3.05) is 26.2 Å². The number of carbonyl (C=O) groups is 1. The van der Waals surface area contributed by atoms with E-state index in [4.69, 9.17) is 4.74 Å². The van der Waals surface area contributed by atoms with Crippen LogP contribution < -0.4 is 4.74 Å². The molecule has 0 bridgehead atoms. The molecule has 5 rings (SSSR count). The molecule has 4 heterocycles. The molecule has 2 aliphatic rings. The smallest absolute Gasteiger partial charge is 0.257 e. The number of hydrogen-bond acceptors (Lipinski definition) is 6. The van der Waals surface area contributed by atoms with E-state index in [9.17, 15) is 4.79 Å². The summed E-state index contributed by atoms with van der Waals surface area (Å²) in [5, 5.41) is 0. The third-order valence-corrected chi connectivity index (χ3v) is 8.91. The quantitative estimate of drug-likeness (QED) is 0.370. The van der Waals surface area contributed by atoms with Gasteiger partial charge < -0.3 is 9.64 Å². The molecule has 3 aromatic rings. The van der Waals surface area contributed by atoms with Gasteiger partial charge in [0.2, 0.25) is 5.88 Å². The Morgan fingerprint density at radius 1 is 0.974 bits per heavy atom. The molecule has 1 unspecified atom stereocenters. The zero-order valence-corrected chi connectivity index (χ0v) is 24.0. The molecule has 0 radical (unpaired) electrons. The number of pyridine rings is 1. The van der Waals surface area contributed by atoms with Gasteiger partial charge in [0.1, 0.15) is 12.4 Å². The van der Waals surface area contributed by atoms with E-state index in [1.165, 1.54) is 11.9 Å². The maximum Gasteiger partial charge on any atom is 0.257 e. The largest absolute Gasteiger partial charge is 0.469 e. The number of amides is 1. The van der Waals surface area contributed by atoms with Crippen molar-refractivity contribution < 1.29 is 9.53 Å². The van der Waals surface area contributed by atoms with Crippen LogP contribution in [0.5, 0.6) is 5.88 Å². The van der Waals surface area contributed by atoms with E-state index < -0.39 is 0 Å². The lowest BCUT2D eigenvalue weighted by atomic mass is 9.82. The average molecular weight is 579 g/mol. The van der Waals surface area contributed by atoms with Crippen molar-refractivity contribution in [1.29, 1.82) is 0 Å². The molecule has 1 aromatic carbocycles. The molecule has 0 N–H and O–H groups in total. The van der Waals surface area contributed by atoms with Crippen LogP contribution in [-0.4, -0.2) is 62.4 Å². The molecule has 1 atom stereocenters. The van der Waals surface area contributed by atoms with Gasteiger partial charge in [-0.1, -0.05) is 34.1 Å². The van der Waals surface area contributed by atoms with Gasteiger partial charge in [-0.2, -0.15) is 0 Å². The fourth-order valence-corrected chi connectivity index (χ4v) is 6.21. The molecule has 1 amide bonds. The SMILES string of the molecule is Cc1ncnc(C)c1C(=O)N1CCC(C)(N2CCC(C(Oc3ccccn3)c3ccc(Br)cc3)CC2)CC1. The third kappa shape index (κ3) is 5.76.